The summed E-state index contributed by atoms with van der Waals surface area (Å²) in [6.07, 6.45) is 2.46. The number of aryl methyl sites for hydroxylation is 1. The van der Waals surface area contributed by atoms with Gasteiger partial charge in [-0.05, 0) is 50.4 Å². The molecule has 1 aliphatic heterocycles. The van der Waals surface area contributed by atoms with Crippen LogP contribution >= 0.6 is 12.4 Å². The van der Waals surface area contributed by atoms with Crippen LogP contribution in [0.15, 0.2) is 24.3 Å². The standard InChI is InChI=1S/C14H20N2O.ClH/c1-11-4-2-3-5-12(11)10-14(13(15)17)6-8-16-9-7-14;/h2-5,16H,6-10H2,1H3,(H2,15,17);1H. The molecular weight excluding hydrogens is 248 g/mol. The van der Waals surface area contributed by atoms with Crippen LogP contribution in [0.3, 0.4) is 0 Å². The van der Waals surface area contributed by atoms with Gasteiger partial charge >= 0.3 is 0 Å². The molecule has 0 unspecified atom stereocenters. The van der Waals surface area contributed by atoms with E-state index in [1.807, 2.05) is 12.1 Å². The number of hydrogen-bond acceptors (Lipinski definition) is 2. The predicted octanol–water partition coefficient (Wildman–Crippen LogP) is 1.81. The molecule has 3 N–H and O–H groups in total. The summed E-state index contributed by atoms with van der Waals surface area (Å²) in [7, 11) is 0. The van der Waals surface area contributed by atoms with Gasteiger partial charge in [0.15, 0.2) is 0 Å². The van der Waals surface area contributed by atoms with E-state index in [1.54, 1.807) is 0 Å². The number of carbonyl (C=O) groups is 1. The molecule has 0 aliphatic carbocycles. The van der Waals surface area contributed by atoms with Crippen molar-refractivity contribution < 1.29 is 4.79 Å². The van der Waals surface area contributed by atoms with Crippen LogP contribution in [-0.2, 0) is 11.2 Å². The minimum absolute atomic E-state index is 0. The maximum Gasteiger partial charge on any atom is 0.224 e. The quantitative estimate of drug-likeness (QED) is 0.879. The maximum atomic E-state index is 11.8. The fourth-order valence-corrected chi connectivity index (χ4v) is 2.59. The lowest BCUT2D eigenvalue weighted by Gasteiger charge is -2.35. The van der Waals surface area contributed by atoms with E-state index in [1.165, 1.54) is 11.1 Å². The number of nitrogens with two attached hydrogens (primary N) is 1. The topological polar surface area (TPSA) is 55.1 Å². The summed E-state index contributed by atoms with van der Waals surface area (Å²) in [6.45, 7) is 3.86. The second-order valence-electron chi connectivity index (χ2n) is 5.00. The monoisotopic (exact) mass is 268 g/mol. The molecule has 18 heavy (non-hydrogen) atoms. The molecule has 1 fully saturated rings. The van der Waals surface area contributed by atoms with Gasteiger partial charge in [-0.15, -0.1) is 12.4 Å². The number of rotatable bonds is 3. The summed E-state index contributed by atoms with van der Waals surface area (Å²) < 4.78 is 0. The van der Waals surface area contributed by atoms with Gasteiger partial charge in [0, 0.05) is 0 Å². The van der Waals surface area contributed by atoms with Gasteiger partial charge in [-0.3, -0.25) is 4.79 Å². The smallest absolute Gasteiger partial charge is 0.224 e. The van der Waals surface area contributed by atoms with Gasteiger partial charge in [0.2, 0.25) is 5.91 Å². The van der Waals surface area contributed by atoms with Crippen LogP contribution in [0.25, 0.3) is 0 Å². The average molecular weight is 269 g/mol. The summed E-state index contributed by atoms with van der Waals surface area (Å²) in [5.41, 5.74) is 7.77. The van der Waals surface area contributed by atoms with E-state index in [-0.39, 0.29) is 23.7 Å². The highest BCUT2D eigenvalue weighted by Gasteiger charge is 2.38. The minimum Gasteiger partial charge on any atom is -0.369 e. The second-order valence-corrected chi connectivity index (χ2v) is 5.00. The molecule has 1 heterocycles. The first kappa shape index (κ1) is 15.0. The van der Waals surface area contributed by atoms with E-state index in [2.05, 4.69) is 24.4 Å². The Labute approximate surface area is 115 Å². The highest BCUT2D eigenvalue weighted by atomic mass is 35.5. The van der Waals surface area contributed by atoms with Crippen LogP contribution in [0.5, 0.6) is 0 Å². The second kappa shape index (κ2) is 6.21. The highest BCUT2D eigenvalue weighted by molar-refractivity contribution is 5.85. The normalized spacial score (nSPS) is 17.8. The summed E-state index contributed by atoms with van der Waals surface area (Å²) in [6, 6.07) is 8.24. The van der Waals surface area contributed by atoms with Crippen LogP contribution in [0.4, 0.5) is 0 Å². The van der Waals surface area contributed by atoms with Crippen molar-refractivity contribution in [1.82, 2.24) is 5.32 Å². The van der Waals surface area contributed by atoms with Gasteiger partial charge in [-0.1, -0.05) is 24.3 Å². The number of piperidine rings is 1. The third-order valence-corrected chi connectivity index (χ3v) is 3.87. The lowest BCUT2D eigenvalue weighted by atomic mass is 9.73. The van der Waals surface area contributed by atoms with Crippen LogP contribution in [0.2, 0.25) is 0 Å². The predicted molar refractivity (Wildman–Crippen MR) is 75.9 cm³/mol. The molecule has 1 aromatic rings. The molecule has 0 spiro atoms. The Morgan fingerprint density at radius 1 is 1.33 bits per heavy atom. The van der Waals surface area contributed by atoms with Crippen molar-refractivity contribution in [1.29, 1.82) is 0 Å². The van der Waals surface area contributed by atoms with Gasteiger partial charge in [0.25, 0.3) is 0 Å². The van der Waals surface area contributed by atoms with E-state index in [4.69, 9.17) is 5.73 Å². The van der Waals surface area contributed by atoms with Gasteiger partial charge in [0.1, 0.15) is 0 Å². The van der Waals surface area contributed by atoms with Crippen LogP contribution in [-0.4, -0.2) is 19.0 Å². The Morgan fingerprint density at radius 3 is 2.50 bits per heavy atom. The average Bonchev–Trinajstić information content (AvgIpc) is 2.33. The number of hydrogen-bond donors (Lipinski definition) is 2. The lowest BCUT2D eigenvalue weighted by Crippen LogP contribution is -2.47. The Morgan fingerprint density at radius 2 is 1.94 bits per heavy atom. The van der Waals surface area contributed by atoms with Gasteiger partial charge < -0.3 is 11.1 Å². The van der Waals surface area contributed by atoms with Gasteiger partial charge in [0.05, 0.1) is 5.41 Å². The molecule has 0 bridgehead atoms. The van der Waals surface area contributed by atoms with Gasteiger partial charge in [-0.2, -0.15) is 0 Å². The SMILES string of the molecule is Cc1ccccc1CC1(C(N)=O)CCNCC1.Cl. The van der Waals surface area contributed by atoms with E-state index in [0.29, 0.717) is 0 Å². The van der Waals surface area contributed by atoms with E-state index in [9.17, 15) is 4.79 Å². The summed E-state index contributed by atoms with van der Waals surface area (Å²) in [4.78, 5) is 11.8. The maximum absolute atomic E-state index is 11.8. The van der Waals surface area contributed by atoms with Crippen molar-refractivity contribution in [3.63, 3.8) is 0 Å². The zero-order valence-corrected chi connectivity index (χ0v) is 11.6. The molecule has 1 aromatic carbocycles. The zero-order valence-electron chi connectivity index (χ0n) is 10.7. The molecule has 0 atom stereocenters. The minimum atomic E-state index is -0.350. The van der Waals surface area contributed by atoms with Gasteiger partial charge in [-0.25, -0.2) is 0 Å². The Hall–Kier alpha value is -1.06. The van der Waals surface area contributed by atoms with E-state index in [0.717, 1.165) is 32.4 Å². The molecule has 1 saturated heterocycles. The van der Waals surface area contributed by atoms with Crippen LogP contribution in [0.1, 0.15) is 24.0 Å². The Balaban J connectivity index is 0.00000162. The molecular formula is C14H21ClN2O. The molecule has 0 saturated carbocycles. The fourth-order valence-electron chi connectivity index (χ4n) is 2.59. The molecule has 1 amide bonds. The van der Waals surface area contributed by atoms with Crippen molar-refractivity contribution in [3.05, 3.63) is 35.4 Å². The molecule has 4 heteroatoms. The van der Waals surface area contributed by atoms with Crippen molar-refractivity contribution >= 4 is 18.3 Å². The highest BCUT2D eigenvalue weighted by Crippen LogP contribution is 2.33. The molecule has 1 aliphatic rings. The number of halogens is 1. The first-order valence-corrected chi connectivity index (χ1v) is 6.19. The Kier molecular flexibility index (Phi) is 5.17. The number of amides is 1. The van der Waals surface area contributed by atoms with Crippen molar-refractivity contribution in [2.24, 2.45) is 11.1 Å². The summed E-state index contributed by atoms with van der Waals surface area (Å²) in [5, 5.41) is 3.29. The zero-order chi connectivity index (χ0) is 12.3. The summed E-state index contributed by atoms with van der Waals surface area (Å²) >= 11 is 0. The third-order valence-electron chi connectivity index (χ3n) is 3.87. The van der Waals surface area contributed by atoms with Crippen molar-refractivity contribution in [3.8, 4) is 0 Å². The number of carbonyl (C=O) groups excluding carboxylic acids is 1. The number of primary amides is 1. The van der Waals surface area contributed by atoms with Crippen LogP contribution in [0, 0.1) is 12.3 Å². The van der Waals surface area contributed by atoms with Crippen molar-refractivity contribution in [2.45, 2.75) is 26.2 Å². The molecule has 0 aromatic heterocycles. The lowest BCUT2D eigenvalue weighted by molar-refractivity contribution is -0.129. The number of benzene rings is 1. The molecule has 2 rings (SSSR count). The summed E-state index contributed by atoms with van der Waals surface area (Å²) in [5.74, 6) is -0.151. The van der Waals surface area contributed by atoms with Crippen molar-refractivity contribution in [2.75, 3.05) is 13.1 Å². The first-order chi connectivity index (χ1) is 8.14. The third kappa shape index (κ3) is 3.03. The molecule has 0 radical (unpaired) electrons. The number of nitrogens with one attached hydrogen (secondary N) is 1. The van der Waals surface area contributed by atoms with Crippen LogP contribution < -0.4 is 11.1 Å². The fraction of sp³-hybridized carbons (Fsp3) is 0.500. The van der Waals surface area contributed by atoms with E-state index >= 15 is 0 Å². The Bertz CT molecular complexity index is 414. The largest absolute Gasteiger partial charge is 0.369 e. The molecule has 100 valence electrons. The van der Waals surface area contributed by atoms with E-state index < -0.39 is 0 Å². The molecule has 3 nitrogen and oxygen atoms in total. The first-order valence-electron chi connectivity index (χ1n) is 6.19.